The zero-order chi connectivity index (χ0) is 40.5. The summed E-state index contributed by atoms with van der Waals surface area (Å²) in [4.78, 5) is 27.9. The van der Waals surface area contributed by atoms with E-state index in [0.29, 0.717) is 26.3 Å². The number of aromatic hydroxyl groups is 3. The Hall–Kier alpha value is -4.67. The number of hydrogen-bond acceptors (Lipinski definition) is 14. The second kappa shape index (κ2) is 16.6. The number of nitrogens with zero attached hydrogens (tertiary/aromatic N) is 2. The van der Waals surface area contributed by atoms with Gasteiger partial charge in [-0.3, -0.25) is 14.6 Å². The molecule has 1 saturated heterocycles. The predicted octanol–water partition coefficient (Wildman–Crippen LogP) is 3.85. The third-order valence-electron chi connectivity index (χ3n) is 11.1. The Kier molecular flexibility index (Phi) is 12.5. The summed E-state index contributed by atoms with van der Waals surface area (Å²) in [5, 5.41) is 77.2. The minimum atomic E-state index is -2.02. The first-order valence-electron chi connectivity index (χ1n) is 18.4. The van der Waals surface area contributed by atoms with Crippen molar-refractivity contribution in [1.82, 2.24) is 5.01 Å². The van der Waals surface area contributed by atoms with E-state index in [-0.39, 0.29) is 44.5 Å². The van der Waals surface area contributed by atoms with Crippen molar-refractivity contribution in [3.63, 3.8) is 0 Å². The highest BCUT2D eigenvalue weighted by atomic mass is 16.7. The molecule has 0 radical (unpaired) electrons. The average Bonchev–Trinajstić information content (AvgIpc) is 3.44. The Bertz CT molecular complexity index is 1920. The lowest BCUT2D eigenvalue weighted by molar-refractivity contribution is -0.112. The Morgan fingerprint density at radius 3 is 2.20 bits per heavy atom. The van der Waals surface area contributed by atoms with Gasteiger partial charge >= 0.3 is 5.79 Å². The van der Waals surface area contributed by atoms with Gasteiger partial charge in [0.2, 0.25) is 0 Å². The molecule has 0 spiro atoms. The van der Waals surface area contributed by atoms with Crippen LogP contribution in [0.15, 0.2) is 41.2 Å². The van der Waals surface area contributed by atoms with Crippen molar-refractivity contribution in [2.75, 3.05) is 38.7 Å². The third-order valence-corrected chi connectivity index (χ3v) is 11.1. The monoisotopic (exact) mass is 767 g/mol. The van der Waals surface area contributed by atoms with Gasteiger partial charge in [0.25, 0.3) is 11.7 Å². The van der Waals surface area contributed by atoms with Crippen molar-refractivity contribution in [3.05, 3.63) is 52.8 Å². The molecule has 6 rings (SSSR count). The molecule has 2 aromatic rings. The quantitative estimate of drug-likeness (QED) is 0.134. The maximum atomic E-state index is 14.3. The van der Waals surface area contributed by atoms with E-state index < -0.39 is 82.8 Å². The summed E-state index contributed by atoms with van der Waals surface area (Å²) in [5.41, 5.74) is -0.366. The lowest BCUT2D eigenvalue weighted by atomic mass is 9.78. The summed E-state index contributed by atoms with van der Waals surface area (Å²) < 4.78 is 23.0. The number of rotatable bonds is 3. The molecular weight excluding hydrogens is 714 g/mol. The molecule has 5 bridgehead atoms. The number of allylic oxidation sites excluding steroid dienone is 2. The highest BCUT2D eigenvalue weighted by Gasteiger charge is 2.50. The number of Topliss-reactive ketones (excluding diaryl/α,β-unsaturated/α-hetero) is 1. The van der Waals surface area contributed by atoms with Gasteiger partial charge in [0, 0.05) is 54.2 Å². The second-order valence-corrected chi connectivity index (χ2v) is 14.8. The molecule has 300 valence electrons. The zero-order valence-corrected chi connectivity index (χ0v) is 32.4. The number of hydrogen-bond donors (Lipinski definition) is 7. The number of nitrogens with one attached hydrogen (secondary N) is 1. The molecule has 1 amide bonds. The molecule has 4 aliphatic heterocycles. The van der Waals surface area contributed by atoms with Crippen LogP contribution in [0.3, 0.4) is 0 Å². The van der Waals surface area contributed by atoms with Gasteiger partial charge in [-0.05, 0) is 19.9 Å². The number of amides is 1. The number of morpholine rings is 1. The van der Waals surface area contributed by atoms with Crippen LogP contribution in [-0.2, 0) is 19.0 Å². The van der Waals surface area contributed by atoms with Gasteiger partial charge in [0.05, 0.1) is 85.4 Å². The summed E-state index contributed by atoms with van der Waals surface area (Å²) in [6.07, 6.45) is 4.70. The van der Waals surface area contributed by atoms with Crippen LogP contribution in [0.4, 0.5) is 5.69 Å². The molecule has 9 unspecified atom stereocenters. The number of phenolic OH excluding ortho intramolecular Hbond substituents is 3. The molecule has 15 heteroatoms. The van der Waals surface area contributed by atoms with Gasteiger partial charge in [-0.25, -0.2) is 0 Å². The fourth-order valence-electron chi connectivity index (χ4n) is 7.29. The number of hydrazone groups is 1. The Balaban J connectivity index is 1.70. The molecule has 1 fully saturated rings. The van der Waals surface area contributed by atoms with Crippen molar-refractivity contribution in [1.29, 1.82) is 0 Å². The van der Waals surface area contributed by atoms with Crippen molar-refractivity contribution in [3.8, 4) is 23.0 Å². The number of fused-ring (bicyclic) bond motifs is 14. The number of methoxy groups -OCH3 is 1. The van der Waals surface area contributed by atoms with Crippen molar-refractivity contribution < 1.29 is 59.2 Å². The van der Waals surface area contributed by atoms with E-state index in [1.165, 1.54) is 52.5 Å². The Labute approximate surface area is 320 Å². The minimum absolute atomic E-state index is 0.0604. The first-order chi connectivity index (χ1) is 25.9. The summed E-state index contributed by atoms with van der Waals surface area (Å²) in [6, 6.07) is 0. The summed E-state index contributed by atoms with van der Waals surface area (Å²) in [7, 11) is 1.43. The van der Waals surface area contributed by atoms with Crippen LogP contribution in [0.1, 0.15) is 63.0 Å². The number of ketones is 1. The molecule has 7 N–H and O–H groups in total. The molecule has 2 aromatic carbocycles. The summed E-state index contributed by atoms with van der Waals surface area (Å²) in [6.45, 7) is 12.9. The number of carbonyl (C=O) groups is 2. The van der Waals surface area contributed by atoms with Gasteiger partial charge in [-0.1, -0.05) is 45.9 Å². The van der Waals surface area contributed by atoms with Crippen LogP contribution in [0.5, 0.6) is 23.0 Å². The van der Waals surface area contributed by atoms with Crippen molar-refractivity contribution in [2.45, 2.75) is 78.7 Å². The normalized spacial score (nSPS) is 31.8. The average molecular weight is 768 g/mol. The highest BCUT2D eigenvalue weighted by Crippen LogP contribution is 2.55. The lowest BCUT2D eigenvalue weighted by Gasteiger charge is -2.36. The maximum absolute atomic E-state index is 14.3. The molecule has 15 nitrogen and oxygen atoms in total. The van der Waals surface area contributed by atoms with Crippen molar-refractivity contribution in [2.24, 2.45) is 28.8 Å². The van der Waals surface area contributed by atoms with Gasteiger partial charge in [0.15, 0.2) is 5.75 Å². The molecular formula is C40H53N3O12. The SMILES string of the molecule is COC1/C=C\OC2(C)Oc3c(C)c(O)c4c(O)c(c(/C=N\N5CCOCC5)c(O)c4c3C2=O)NC(=O)C(C)=CC=CC(C)C(O)C(C)C(O)C(C)C(O)C1C. The van der Waals surface area contributed by atoms with Crippen LogP contribution in [0.2, 0.25) is 0 Å². The van der Waals surface area contributed by atoms with Crippen LogP contribution >= 0.6 is 0 Å². The van der Waals surface area contributed by atoms with Crippen LogP contribution < -0.4 is 10.1 Å². The van der Waals surface area contributed by atoms with Crippen LogP contribution in [0, 0.1) is 30.6 Å². The molecule has 55 heavy (non-hydrogen) atoms. The van der Waals surface area contributed by atoms with Crippen LogP contribution in [-0.4, -0.2) is 117 Å². The van der Waals surface area contributed by atoms with E-state index >= 15 is 0 Å². The predicted molar refractivity (Wildman–Crippen MR) is 204 cm³/mol. The Morgan fingerprint density at radius 1 is 0.909 bits per heavy atom. The highest BCUT2D eigenvalue weighted by molar-refractivity contribution is 6.23. The molecule has 4 aliphatic rings. The molecule has 9 atom stereocenters. The Morgan fingerprint density at radius 2 is 1.55 bits per heavy atom. The lowest BCUT2D eigenvalue weighted by Crippen LogP contribution is -2.44. The fraction of sp³-hybridized carbons (Fsp3) is 0.525. The van der Waals surface area contributed by atoms with E-state index in [4.69, 9.17) is 18.9 Å². The fourth-order valence-corrected chi connectivity index (χ4v) is 7.29. The van der Waals surface area contributed by atoms with E-state index in [1.807, 2.05) is 0 Å². The topological polar surface area (TPSA) is 220 Å². The van der Waals surface area contributed by atoms with E-state index in [1.54, 1.807) is 44.9 Å². The van der Waals surface area contributed by atoms with Crippen LogP contribution in [0.25, 0.3) is 10.8 Å². The first-order valence-corrected chi connectivity index (χ1v) is 18.4. The zero-order valence-electron chi connectivity index (χ0n) is 32.4. The number of anilines is 1. The number of benzene rings is 2. The molecule has 0 aromatic heterocycles. The van der Waals surface area contributed by atoms with Gasteiger partial charge < -0.3 is 54.9 Å². The number of aliphatic hydroxyl groups is 3. The van der Waals surface area contributed by atoms with Gasteiger partial charge in [-0.2, -0.15) is 5.10 Å². The van der Waals surface area contributed by atoms with E-state index in [9.17, 15) is 40.2 Å². The number of ether oxygens (including phenoxy) is 4. The summed E-state index contributed by atoms with van der Waals surface area (Å²) in [5.74, 6) is -7.68. The molecule has 0 saturated carbocycles. The molecule has 0 aliphatic carbocycles. The standard InChI is InChI=1S/C40H53N3O12/c1-19-10-9-11-20(2)39(51)42-30-25(18-41-43-13-16-53-17-14-43)35(48)27-28(36(30)49)34(47)24(6)37-29(27)38(50)40(7,55-37)54-15-12-26(52-8)21(3)32(45)23(5)33(46)22(4)31(19)44/h9-12,15,18-19,21-23,26,31-33,44-49H,13-14,16-17H2,1-8H3,(H,42,51)/b10-9?,15-12-,20-11?,41-18-. The number of carbonyl (C=O) groups excluding carboxylic acids is 2. The van der Waals surface area contributed by atoms with E-state index in [0.717, 1.165) is 0 Å². The van der Waals surface area contributed by atoms with Gasteiger partial charge in [0.1, 0.15) is 17.2 Å². The number of aliphatic hydroxyl groups excluding tert-OH is 3. The number of phenols is 3. The smallest absolute Gasteiger partial charge is 0.312 e. The maximum Gasteiger partial charge on any atom is 0.312 e. The first kappa shape index (κ1) is 41.5. The minimum Gasteiger partial charge on any atom is -0.507 e. The van der Waals surface area contributed by atoms with E-state index in [2.05, 4.69) is 10.4 Å². The summed E-state index contributed by atoms with van der Waals surface area (Å²) >= 11 is 0. The second-order valence-electron chi connectivity index (χ2n) is 14.8. The van der Waals surface area contributed by atoms with Gasteiger partial charge in [-0.15, -0.1) is 0 Å². The van der Waals surface area contributed by atoms with Crippen molar-refractivity contribution >= 4 is 34.4 Å². The largest absolute Gasteiger partial charge is 0.507 e. The third kappa shape index (κ3) is 7.89. The molecule has 4 heterocycles.